The number of rotatable bonds is 11. The van der Waals surface area contributed by atoms with Gasteiger partial charge in [0.25, 0.3) is 11.5 Å². The molecule has 158 valence electrons. The molecule has 0 atom stereocenters. The molecule has 0 fully saturated rings. The zero-order chi connectivity index (χ0) is 21.4. The van der Waals surface area contributed by atoms with Crippen LogP contribution in [0, 0.1) is 6.92 Å². The van der Waals surface area contributed by atoms with E-state index in [1.807, 2.05) is 26.0 Å². The Kier molecular flexibility index (Phi) is 8.24. The van der Waals surface area contributed by atoms with Crippen molar-refractivity contribution in [1.29, 1.82) is 0 Å². The van der Waals surface area contributed by atoms with Crippen LogP contribution in [0.3, 0.4) is 0 Å². The molecule has 7 nitrogen and oxygen atoms in total. The number of benzene rings is 1. The molecule has 0 radical (unpaired) electrons. The lowest BCUT2D eigenvalue weighted by Crippen LogP contribution is -2.33. The summed E-state index contributed by atoms with van der Waals surface area (Å²) in [6.45, 7) is 4.73. The lowest BCUT2D eigenvalue weighted by molar-refractivity contribution is -0.137. The van der Waals surface area contributed by atoms with Crippen molar-refractivity contribution in [3.05, 3.63) is 39.7 Å². The molecule has 1 amide bonds. The first-order chi connectivity index (χ1) is 13.9. The van der Waals surface area contributed by atoms with E-state index in [0.717, 1.165) is 42.1 Å². The van der Waals surface area contributed by atoms with Gasteiger partial charge in [-0.15, -0.1) is 0 Å². The smallest absolute Gasteiger partial charge is 0.303 e. The number of nitrogens with one attached hydrogen (secondary N) is 1. The molecule has 0 spiro atoms. The molecule has 0 aliphatic heterocycles. The maximum atomic E-state index is 12.9. The molecule has 7 heteroatoms. The standard InChI is InChI=1S/C22H30N2O5/c1-4-24-20-15(2)18(29-3)12-11-16(20)14-17(22(24)28)21(27)23-13-9-7-5-6-8-10-19(25)26/h11-12,14H,4-10,13H2,1-3H3,(H,23,27)(H,25,26). The summed E-state index contributed by atoms with van der Waals surface area (Å²) in [6.07, 6.45) is 4.39. The van der Waals surface area contributed by atoms with E-state index in [1.54, 1.807) is 17.7 Å². The van der Waals surface area contributed by atoms with Crippen molar-refractivity contribution in [2.75, 3.05) is 13.7 Å². The van der Waals surface area contributed by atoms with Crippen molar-refractivity contribution in [3.8, 4) is 5.75 Å². The van der Waals surface area contributed by atoms with Crippen LogP contribution in [0.25, 0.3) is 10.9 Å². The first-order valence-corrected chi connectivity index (χ1v) is 10.1. The number of unbranched alkanes of at least 4 members (excludes halogenated alkanes) is 4. The lowest BCUT2D eigenvalue weighted by Gasteiger charge is -2.15. The Bertz CT molecular complexity index is 933. The van der Waals surface area contributed by atoms with Gasteiger partial charge in [0.1, 0.15) is 11.3 Å². The van der Waals surface area contributed by atoms with E-state index in [2.05, 4.69) is 5.32 Å². The van der Waals surface area contributed by atoms with E-state index in [4.69, 9.17) is 9.84 Å². The van der Waals surface area contributed by atoms with Gasteiger partial charge in [-0.1, -0.05) is 19.3 Å². The highest BCUT2D eigenvalue weighted by Gasteiger charge is 2.17. The number of nitrogens with zero attached hydrogens (tertiary/aromatic N) is 1. The van der Waals surface area contributed by atoms with Crippen LogP contribution in [-0.2, 0) is 11.3 Å². The van der Waals surface area contributed by atoms with Gasteiger partial charge in [0.2, 0.25) is 0 Å². The van der Waals surface area contributed by atoms with Gasteiger partial charge in [-0.3, -0.25) is 14.4 Å². The van der Waals surface area contributed by atoms with Crippen molar-refractivity contribution in [1.82, 2.24) is 9.88 Å². The minimum Gasteiger partial charge on any atom is -0.496 e. The van der Waals surface area contributed by atoms with Gasteiger partial charge < -0.3 is 19.7 Å². The van der Waals surface area contributed by atoms with E-state index >= 15 is 0 Å². The summed E-state index contributed by atoms with van der Waals surface area (Å²) < 4.78 is 6.97. The van der Waals surface area contributed by atoms with Gasteiger partial charge >= 0.3 is 5.97 Å². The summed E-state index contributed by atoms with van der Waals surface area (Å²) in [5.41, 5.74) is 1.50. The fraction of sp³-hybridized carbons (Fsp3) is 0.500. The van der Waals surface area contributed by atoms with Crippen molar-refractivity contribution in [2.45, 2.75) is 58.9 Å². The summed E-state index contributed by atoms with van der Waals surface area (Å²) in [4.78, 5) is 35.9. The molecule has 2 rings (SSSR count). The number of pyridine rings is 1. The highest BCUT2D eigenvalue weighted by Crippen LogP contribution is 2.26. The molecule has 0 aliphatic carbocycles. The predicted octanol–water partition coefficient (Wildman–Crippen LogP) is 3.49. The van der Waals surface area contributed by atoms with Crippen LogP contribution in [0.2, 0.25) is 0 Å². The second-order valence-electron chi connectivity index (χ2n) is 7.11. The van der Waals surface area contributed by atoms with Crippen LogP contribution >= 0.6 is 0 Å². The summed E-state index contributed by atoms with van der Waals surface area (Å²) in [7, 11) is 1.59. The van der Waals surface area contributed by atoms with Crippen molar-refractivity contribution < 1.29 is 19.4 Å². The Morgan fingerprint density at radius 2 is 1.83 bits per heavy atom. The van der Waals surface area contributed by atoms with Gasteiger partial charge in [-0.25, -0.2) is 0 Å². The monoisotopic (exact) mass is 402 g/mol. The fourth-order valence-electron chi connectivity index (χ4n) is 3.56. The van der Waals surface area contributed by atoms with E-state index < -0.39 is 5.97 Å². The third-order valence-corrected chi connectivity index (χ3v) is 5.09. The number of carbonyl (C=O) groups is 2. The van der Waals surface area contributed by atoms with E-state index in [1.165, 1.54) is 0 Å². The number of hydrogen-bond donors (Lipinski definition) is 2. The topological polar surface area (TPSA) is 97.6 Å². The fourth-order valence-corrected chi connectivity index (χ4v) is 3.56. The molecule has 0 saturated carbocycles. The summed E-state index contributed by atoms with van der Waals surface area (Å²) in [5.74, 6) is -0.419. The summed E-state index contributed by atoms with van der Waals surface area (Å²) >= 11 is 0. The summed E-state index contributed by atoms with van der Waals surface area (Å²) in [5, 5.41) is 12.3. The normalized spacial score (nSPS) is 10.9. The number of carboxylic acid groups (broad SMARTS) is 1. The Balaban J connectivity index is 2.04. The molecule has 0 aliphatic rings. The molecule has 2 N–H and O–H groups in total. The predicted molar refractivity (Wildman–Crippen MR) is 113 cm³/mol. The van der Waals surface area contributed by atoms with Crippen molar-refractivity contribution in [3.63, 3.8) is 0 Å². The van der Waals surface area contributed by atoms with Crippen molar-refractivity contribution >= 4 is 22.8 Å². The number of carboxylic acids is 1. The SMILES string of the molecule is CCn1c(=O)c(C(=O)NCCCCCCCC(=O)O)cc2ccc(OC)c(C)c21. The van der Waals surface area contributed by atoms with E-state index in [9.17, 15) is 14.4 Å². The molecular weight excluding hydrogens is 372 g/mol. The largest absolute Gasteiger partial charge is 0.496 e. The molecule has 0 bridgehead atoms. The number of ether oxygens (including phenoxy) is 1. The average Bonchev–Trinajstić information content (AvgIpc) is 2.69. The third kappa shape index (κ3) is 5.59. The lowest BCUT2D eigenvalue weighted by atomic mass is 10.1. The van der Waals surface area contributed by atoms with Gasteiger partial charge in [0, 0.05) is 25.1 Å². The Morgan fingerprint density at radius 1 is 1.14 bits per heavy atom. The van der Waals surface area contributed by atoms with Gasteiger partial charge in [-0.05, 0) is 50.3 Å². The third-order valence-electron chi connectivity index (χ3n) is 5.09. The summed E-state index contributed by atoms with van der Waals surface area (Å²) in [6, 6.07) is 5.35. The molecule has 1 aromatic carbocycles. The van der Waals surface area contributed by atoms with Crippen LogP contribution in [0.4, 0.5) is 0 Å². The maximum Gasteiger partial charge on any atom is 0.303 e. The van der Waals surface area contributed by atoms with Crippen LogP contribution in [0.1, 0.15) is 61.4 Å². The Hall–Kier alpha value is -2.83. The first-order valence-electron chi connectivity index (χ1n) is 10.1. The number of aryl methyl sites for hydroxylation is 2. The highest BCUT2D eigenvalue weighted by molar-refractivity contribution is 5.98. The van der Waals surface area contributed by atoms with Crippen LogP contribution in [-0.4, -0.2) is 35.2 Å². The Morgan fingerprint density at radius 3 is 2.48 bits per heavy atom. The molecule has 0 saturated heterocycles. The second kappa shape index (κ2) is 10.6. The minimum absolute atomic E-state index is 0.144. The van der Waals surface area contributed by atoms with Crippen molar-refractivity contribution in [2.24, 2.45) is 0 Å². The van der Waals surface area contributed by atoms with Gasteiger partial charge in [0.15, 0.2) is 0 Å². The number of aromatic nitrogens is 1. The Labute approximate surface area is 170 Å². The van der Waals surface area contributed by atoms with Gasteiger partial charge in [0.05, 0.1) is 12.6 Å². The van der Waals surface area contributed by atoms with E-state index in [-0.39, 0.29) is 23.5 Å². The number of aliphatic carboxylic acids is 1. The number of hydrogen-bond acceptors (Lipinski definition) is 4. The molecule has 1 aromatic heterocycles. The highest BCUT2D eigenvalue weighted by atomic mass is 16.5. The van der Waals surface area contributed by atoms with Crippen LogP contribution in [0.15, 0.2) is 23.0 Å². The molecule has 2 aromatic rings. The minimum atomic E-state index is -0.765. The van der Waals surface area contributed by atoms with Crippen LogP contribution < -0.4 is 15.6 Å². The number of amides is 1. The molecule has 29 heavy (non-hydrogen) atoms. The number of fused-ring (bicyclic) bond motifs is 1. The molecular formula is C22H30N2O5. The zero-order valence-corrected chi connectivity index (χ0v) is 17.4. The maximum absolute atomic E-state index is 12.9. The zero-order valence-electron chi connectivity index (χ0n) is 17.4. The van der Waals surface area contributed by atoms with Crippen LogP contribution in [0.5, 0.6) is 5.75 Å². The molecule has 1 heterocycles. The molecule has 0 unspecified atom stereocenters. The van der Waals surface area contributed by atoms with E-state index in [0.29, 0.717) is 25.3 Å². The number of methoxy groups -OCH3 is 1. The van der Waals surface area contributed by atoms with Gasteiger partial charge in [-0.2, -0.15) is 0 Å². The first kappa shape index (κ1) is 22.5. The quantitative estimate of drug-likeness (QED) is 0.561. The number of carbonyl (C=O) groups excluding carboxylic acids is 1. The average molecular weight is 402 g/mol. The second-order valence-corrected chi connectivity index (χ2v) is 7.11.